The molecule has 18 heavy (non-hydrogen) atoms. The maximum atomic E-state index is 5.24. The monoisotopic (exact) mass is 313 g/mol. The van der Waals surface area contributed by atoms with Crippen LogP contribution in [0.3, 0.4) is 0 Å². The van der Waals surface area contributed by atoms with Crippen LogP contribution in [0.2, 0.25) is 0 Å². The minimum Gasteiger partial charge on any atom is -0.496 e. The van der Waals surface area contributed by atoms with Crippen molar-refractivity contribution in [1.82, 2.24) is 5.32 Å². The zero-order valence-corrected chi connectivity index (χ0v) is 13.2. The minimum absolute atomic E-state index is 0.664. The van der Waals surface area contributed by atoms with Crippen LogP contribution in [0.1, 0.15) is 38.7 Å². The second kappa shape index (κ2) is 8.54. The lowest BCUT2D eigenvalue weighted by Crippen LogP contribution is -2.27. The molecule has 0 saturated heterocycles. The van der Waals surface area contributed by atoms with Crippen molar-refractivity contribution >= 4 is 15.9 Å². The van der Waals surface area contributed by atoms with E-state index in [4.69, 9.17) is 4.74 Å². The van der Waals surface area contributed by atoms with E-state index in [2.05, 4.69) is 47.2 Å². The summed E-state index contributed by atoms with van der Waals surface area (Å²) < 4.78 is 6.28. The summed E-state index contributed by atoms with van der Waals surface area (Å²) in [6, 6.07) is 7.00. The topological polar surface area (TPSA) is 21.3 Å². The summed E-state index contributed by atoms with van der Waals surface area (Å²) in [5, 5.41) is 3.52. The highest BCUT2D eigenvalue weighted by Crippen LogP contribution is 2.26. The van der Waals surface area contributed by atoms with Crippen molar-refractivity contribution in [2.24, 2.45) is 0 Å². The third-order valence-corrected chi connectivity index (χ3v) is 3.84. The highest BCUT2D eigenvalue weighted by atomic mass is 79.9. The van der Waals surface area contributed by atoms with Gasteiger partial charge in [0.1, 0.15) is 5.75 Å². The van der Waals surface area contributed by atoms with E-state index in [9.17, 15) is 0 Å². The van der Waals surface area contributed by atoms with Crippen LogP contribution >= 0.6 is 15.9 Å². The first-order valence-corrected chi connectivity index (χ1v) is 7.56. The molecule has 0 radical (unpaired) electrons. The Morgan fingerprint density at radius 2 is 2.11 bits per heavy atom. The van der Waals surface area contributed by atoms with Gasteiger partial charge in [0.25, 0.3) is 0 Å². The SMILES string of the molecule is CCNC(CC)CCCc1ccc(OC)c(Br)c1. The molecular formula is C15H24BrNO. The Hall–Kier alpha value is -0.540. The Labute approximate surface area is 119 Å². The summed E-state index contributed by atoms with van der Waals surface area (Å²) in [7, 11) is 1.70. The lowest BCUT2D eigenvalue weighted by Gasteiger charge is -2.15. The molecule has 0 aliphatic carbocycles. The summed E-state index contributed by atoms with van der Waals surface area (Å²) >= 11 is 3.53. The Morgan fingerprint density at radius 3 is 2.67 bits per heavy atom. The number of hydrogen-bond donors (Lipinski definition) is 1. The Balaban J connectivity index is 2.41. The molecule has 1 unspecified atom stereocenters. The maximum absolute atomic E-state index is 5.24. The zero-order chi connectivity index (χ0) is 13.4. The van der Waals surface area contributed by atoms with Gasteiger partial charge in [-0.15, -0.1) is 0 Å². The van der Waals surface area contributed by atoms with Gasteiger partial charge in [-0.2, -0.15) is 0 Å². The molecule has 1 aromatic rings. The average Bonchev–Trinajstić information content (AvgIpc) is 2.38. The second-order valence-electron chi connectivity index (χ2n) is 4.52. The second-order valence-corrected chi connectivity index (χ2v) is 5.38. The number of ether oxygens (including phenoxy) is 1. The van der Waals surface area contributed by atoms with Crippen LogP contribution in [0.5, 0.6) is 5.75 Å². The van der Waals surface area contributed by atoms with E-state index >= 15 is 0 Å². The molecule has 1 aromatic carbocycles. The molecule has 0 amide bonds. The van der Waals surface area contributed by atoms with Gasteiger partial charge in [0.05, 0.1) is 11.6 Å². The highest BCUT2D eigenvalue weighted by Gasteiger charge is 2.05. The molecule has 1 rings (SSSR count). The number of methoxy groups -OCH3 is 1. The molecule has 0 fully saturated rings. The van der Waals surface area contributed by atoms with Gasteiger partial charge >= 0.3 is 0 Å². The van der Waals surface area contributed by atoms with Gasteiger partial charge in [-0.1, -0.05) is 19.9 Å². The van der Waals surface area contributed by atoms with Crippen LogP contribution in [-0.2, 0) is 6.42 Å². The first kappa shape index (κ1) is 15.5. The van der Waals surface area contributed by atoms with Crippen molar-refractivity contribution in [2.75, 3.05) is 13.7 Å². The molecule has 1 atom stereocenters. The van der Waals surface area contributed by atoms with Gasteiger partial charge in [0.2, 0.25) is 0 Å². The smallest absolute Gasteiger partial charge is 0.133 e. The van der Waals surface area contributed by atoms with Crippen molar-refractivity contribution in [2.45, 2.75) is 45.6 Å². The summed E-state index contributed by atoms with van der Waals surface area (Å²) in [5.74, 6) is 0.901. The van der Waals surface area contributed by atoms with Crippen molar-refractivity contribution in [1.29, 1.82) is 0 Å². The van der Waals surface area contributed by atoms with Crippen LogP contribution in [0.25, 0.3) is 0 Å². The van der Waals surface area contributed by atoms with E-state index in [1.54, 1.807) is 7.11 Å². The molecule has 0 aliphatic rings. The number of hydrogen-bond acceptors (Lipinski definition) is 2. The standard InChI is InChI=1S/C15H24BrNO/c1-4-13(17-5-2)8-6-7-12-9-10-15(18-3)14(16)11-12/h9-11,13,17H,4-8H2,1-3H3. The lowest BCUT2D eigenvalue weighted by molar-refractivity contribution is 0.412. The van der Waals surface area contributed by atoms with Crippen LogP contribution in [0.4, 0.5) is 0 Å². The quantitative estimate of drug-likeness (QED) is 0.777. The third-order valence-electron chi connectivity index (χ3n) is 3.22. The van der Waals surface area contributed by atoms with E-state index in [-0.39, 0.29) is 0 Å². The van der Waals surface area contributed by atoms with Crippen LogP contribution in [0, 0.1) is 0 Å². The van der Waals surface area contributed by atoms with Crippen molar-refractivity contribution in [3.8, 4) is 5.75 Å². The highest BCUT2D eigenvalue weighted by molar-refractivity contribution is 9.10. The molecule has 1 N–H and O–H groups in total. The van der Waals surface area contributed by atoms with Gasteiger partial charge in [-0.3, -0.25) is 0 Å². The van der Waals surface area contributed by atoms with E-state index in [1.807, 2.05) is 6.07 Å². The predicted octanol–water partition coefficient (Wildman–Crippen LogP) is 4.17. The minimum atomic E-state index is 0.664. The fourth-order valence-electron chi connectivity index (χ4n) is 2.16. The van der Waals surface area contributed by atoms with E-state index in [1.165, 1.54) is 24.8 Å². The van der Waals surface area contributed by atoms with Gasteiger partial charge < -0.3 is 10.1 Å². The number of aryl methyl sites for hydroxylation is 1. The van der Waals surface area contributed by atoms with Gasteiger partial charge in [-0.05, 0) is 65.9 Å². The van der Waals surface area contributed by atoms with E-state index in [0.29, 0.717) is 6.04 Å². The first-order chi connectivity index (χ1) is 8.71. The third kappa shape index (κ3) is 4.99. The normalized spacial score (nSPS) is 12.4. The van der Waals surface area contributed by atoms with Gasteiger partial charge in [0.15, 0.2) is 0 Å². The number of halogens is 1. The lowest BCUT2D eigenvalue weighted by atomic mass is 10.0. The summed E-state index contributed by atoms with van der Waals surface area (Å²) in [5.41, 5.74) is 1.37. The molecule has 102 valence electrons. The summed E-state index contributed by atoms with van der Waals surface area (Å²) in [6.45, 7) is 5.48. The number of benzene rings is 1. The van der Waals surface area contributed by atoms with Crippen molar-refractivity contribution < 1.29 is 4.74 Å². The Bertz CT molecular complexity index is 354. The van der Waals surface area contributed by atoms with Crippen molar-refractivity contribution in [3.05, 3.63) is 28.2 Å². The largest absolute Gasteiger partial charge is 0.496 e. The molecular weight excluding hydrogens is 290 g/mol. The molecule has 0 aliphatic heterocycles. The Kier molecular flexibility index (Phi) is 7.36. The maximum Gasteiger partial charge on any atom is 0.133 e. The summed E-state index contributed by atoms with van der Waals surface area (Å²) in [6.07, 6.45) is 4.81. The van der Waals surface area contributed by atoms with Crippen molar-refractivity contribution in [3.63, 3.8) is 0 Å². The van der Waals surface area contributed by atoms with E-state index in [0.717, 1.165) is 23.2 Å². The van der Waals surface area contributed by atoms with Gasteiger partial charge in [-0.25, -0.2) is 0 Å². The molecule has 3 heteroatoms. The van der Waals surface area contributed by atoms with Crippen LogP contribution in [0.15, 0.2) is 22.7 Å². The molecule has 0 spiro atoms. The molecule has 0 heterocycles. The molecule has 0 aromatic heterocycles. The average molecular weight is 314 g/mol. The predicted molar refractivity (Wildman–Crippen MR) is 81.4 cm³/mol. The van der Waals surface area contributed by atoms with Crippen LogP contribution < -0.4 is 10.1 Å². The number of rotatable bonds is 8. The fourth-order valence-corrected chi connectivity index (χ4v) is 2.75. The molecule has 0 saturated carbocycles. The van der Waals surface area contributed by atoms with Crippen LogP contribution in [-0.4, -0.2) is 19.7 Å². The first-order valence-electron chi connectivity index (χ1n) is 6.77. The number of nitrogens with one attached hydrogen (secondary N) is 1. The van der Waals surface area contributed by atoms with E-state index < -0.39 is 0 Å². The summed E-state index contributed by atoms with van der Waals surface area (Å²) in [4.78, 5) is 0. The molecule has 0 bridgehead atoms. The zero-order valence-electron chi connectivity index (χ0n) is 11.6. The van der Waals surface area contributed by atoms with Gasteiger partial charge in [0, 0.05) is 6.04 Å². The fraction of sp³-hybridized carbons (Fsp3) is 0.600. The Morgan fingerprint density at radius 1 is 1.33 bits per heavy atom. The molecule has 2 nitrogen and oxygen atoms in total.